The molecule has 1 amide bonds. The van der Waals surface area contributed by atoms with Crippen molar-refractivity contribution >= 4 is 29.1 Å². The molecule has 3 nitrogen and oxygen atoms in total. The van der Waals surface area contributed by atoms with Crippen LogP contribution in [0.15, 0.2) is 0 Å². The van der Waals surface area contributed by atoms with Gasteiger partial charge in [0.05, 0.1) is 0 Å². The van der Waals surface area contributed by atoms with Crippen molar-refractivity contribution in [3.05, 3.63) is 0 Å². The predicted octanol–water partition coefficient (Wildman–Crippen LogP) is 1.83. The molecule has 0 atom stereocenters. The van der Waals surface area contributed by atoms with E-state index in [4.69, 9.17) is 0 Å². The van der Waals surface area contributed by atoms with E-state index in [2.05, 4.69) is 27.9 Å². The zero-order valence-electron chi connectivity index (χ0n) is 7.24. The number of halogens is 6. The number of amides is 1. The minimum atomic E-state index is -4.51. The minimum absolute atomic E-state index is 0.00694. The van der Waals surface area contributed by atoms with Crippen LogP contribution in [0.25, 0.3) is 0 Å². The highest BCUT2D eigenvalue weighted by Gasteiger charge is 2.75. The number of likely N-dealkylation sites (N-methyl/N-ethyl adjacent to an activating group) is 1. The van der Waals surface area contributed by atoms with Gasteiger partial charge in [-0.05, 0) is 23.2 Å². The normalized spacial score (nSPS) is 22.3. The Bertz CT molecular complexity index is 274. The van der Waals surface area contributed by atoms with Crippen molar-refractivity contribution in [3.63, 3.8) is 0 Å². The van der Waals surface area contributed by atoms with Gasteiger partial charge in [0.1, 0.15) is 6.61 Å². The van der Waals surface area contributed by atoms with E-state index >= 15 is 0 Å². The molecule has 1 heterocycles. The van der Waals surface area contributed by atoms with Crippen LogP contribution in [0.5, 0.6) is 0 Å². The highest BCUT2D eigenvalue weighted by molar-refractivity contribution is 6.26. The molecule has 0 unspecified atom stereocenters. The van der Waals surface area contributed by atoms with E-state index in [1.165, 1.54) is 0 Å². The van der Waals surface area contributed by atoms with Crippen LogP contribution >= 0.6 is 23.2 Å². The van der Waals surface area contributed by atoms with Gasteiger partial charge in [0.25, 0.3) is 5.91 Å². The van der Waals surface area contributed by atoms with E-state index in [0.717, 1.165) is 0 Å². The number of alkyl halides is 6. The van der Waals surface area contributed by atoms with Crippen LogP contribution in [0.1, 0.15) is 0 Å². The summed E-state index contributed by atoms with van der Waals surface area (Å²) in [6.45, 7) is -0.929. The Balaban J connectivity index is 3.28. The van der Waals surface area contributed by atoms with Crippen molar-refractivity contribution in [2.24, 2.45) is 0 Å². The first-order chi connectivity index (χ1) is 6.54. The molecular weight excluding hydrogens is 265 g/mol. The second-order valence-corrected chi connectivity index (χ2v) is 3.83. The molecule has 1 aliphatic heterocycles. The summed E-state index contributed by atoms with van der Waals surface area (Å²) in [5.41, 5.74) is -3.65. The molecule has 0 spiro atoms. The number of nitrogens with zero attached hydrogens (tertiary/aromatic N) is 1. The van der Waals surface area contributed by atoms with Crippen LogP contribution in [0.2, 0.25) is 0 Å². The number of carbonyl (C=O) groups is 1. The van der Waals surface area contributed by atoms with Crippen LogP contribution in [0.3, 0.4) is 0 Å². The first-order valence-corrected chi connectivity index (χ1v) is 4.33. The van der Waals surface area contributed by atoms with E-state index in [1.54, 1.807) is 0 Å². The van der Waals surface area contributed by atoms with E-state index in [0.29, 0.717) is 7.05 Å². The van der Waals surface area contributed by atoms with Gasteiger partial charge in [-0.3, -0.25) is 4.79 Å². The first-order valence-electron chi connectivity index (χ1n) is 3.58. The number of ether oxygens (including phenoxy) is 1. The lowest BCUT2D eigenvalue weighted by molar-refractivity contribution is -0.270. The zero-order valence-corrected chi connectivity index (χ0v) is 8.75. The third kappa shape index (κ3) is 1.66. The van der Waals surface area contributed by atoms with Crippen LogP contribution in [-0.2, 0) is 9.53 Å². The summed E-state index contributed by atoms with van der Waals surface area (Å²) in [6, 6.07) is 0. The highest BCUT2D eigenvalue weighted by Crippen LogP contribution is 2.51. The van der Waals surface area contributed by atoms with Gasteiger partial charge in [0.15, 0.2) is 0 Å². The minimum Gasteiger partial charge on any atom is -0.333 e. The molecule has 0 aromatic rings. The zero-order chi connectivity index (χ0) is 12.1. The van der Waals surface area contributed by atoms with Crippen LogP contribution in [0, 0.1) is 0 Å². The molecule has 0 bridgehead atoms. The molecule has 1 rings (SSSR count). The fraction of sp³-hybridized carbons (Fsp3) is 0.833. The van der Waals surface area contributed by atoms with Crippen molar-refractivity contribution in [2.45, 2.75) is 16.5 Å². The Hall–Kier alpha value is -0.270. The third-order valence-corrected chi connectivity index (χ3v) is 2.53. The lowest BCUT2D eigenvalue weighted by atomic mass is 10.2. The molecular formula is C6H5Cl2F4NO2. The summed E-state index contributed by atoms with van der Waals surface area (Å²) in [5.74, 6) is -1.06. The van der Waals surface area contributed by atoms with Gasteiger partial charge in [-0.25, -0.2) is 0 Å². The smallest absolute Gasteiger partial charge is 0.333 e. The summed E-state index contributed by atoms with van der Waals surface area (Å²) in [4.78, 5) is 10.9. The number of hydrogen-bond acceptors (Lipinski definition) is 2. The van der Waals surface area contributed by atoms with Gasteiger partial charge < -0.3 is 9.64 Å². The largest absolute Gasteiger partial charge is 0.376 e. The van der Waals surface area contributed by atoms with Crippen LogP contribution in [-0.4, -0.2) is 41.0 Å². The molecule has 0 radical (unpaired) electrons. The van der Waals surface area contributed by atoms with E-state index in [9.17, 15) is 22.4 Å². The highest BCUT2D eigenvalue weighted by atomic mass is 35.5. The maximum Gasteiger partial charge on any atom is 0.376 e. The molecule has 88 valence electrons. The lowest BCUT2D eigenvalue weighted by Gasteiger charge is -2.39. The summed E-state index contributed by atoms with van der Waals surface area (Å²) < 4.78 is 55.6. The quantitative estimate of drug-likeness (QED) is 0.566. The molecule has 0 aliphatic carbocycles. The molecule has 1 saturated heterocycles. The third-order valence-electron chi connectivity index (χ3n) is 2.02. The Morgan fingerprint density at radius 1 is 1.33 bits per heavy atom. The Morgan fingerprint density at radius 3 is 1.87 bits per heavy atom. The molecule has 9 heteroatoms. The second kappa shape index (κ2) is 3.36. The monoisotopic (exact) mass is 269 g/mol. The molecule has 15 heavy (non-hydrogen) atoms. The van der Waals surface area contributed by atoms with Crippen LogP contribution < -0.4 is 0 Å². The number of hydrogen-bond donors (Lipinski definition) is 0. The van der Waals surface area contributed by atoms with E-state index in [1.807, 2.05) is 0 Å². The molecule has 0 aromatic carbocycles. The Labute approximate surface area is 91.9 Å². The van der Waals surface area contributed by atoms with Gasteiger partial charge in [-0.1, -0.05) is 0 Å². The van der Waals surface area contributed by atoms with Crippen LogP contribution in [0.4, 0.5) is 17.6 Å². The van der Waals surface area contributed by atoms with Crippen molar-refractivity contribution in [1.29, 1.82) is 0 Å². The first kappa shape index (κ1) is 12.8. The molecule has 1 aliphatic rings. The van der Waals surface area contributed by atoms with Crippen molar-refractivity contribution in [2.75, 3.05) is 13.7 Å². The van der Waals surface area contributed by atoms with Gasteiger partial charge in [-0.2, -0.15) is 17.6 Å². The average molecular weight is 270 g/mol. The van der Waals surface area contributed by atoms with Gasteiger partial charge in [-0.15, -0.1) is 0 Å². The van der Waals surface area contributed by atoms with E-state index < -0.39 is 29.0 Å². The van der Waals surface area contributed by atoms with Gasteiger partial charge in [0.2, 0.25) is 0 Å². The predicted molar refractivity (Wildman–Crippen MR) is 43.1 cm³/mol. The van der Waals surface area contributed by atoms with Crippen molar-refractivity contribution in [3.8, 4) is 0 Å². The average Bonchev–Trinajstić information content (AvgIpc) is 2.26. The lowest BCUT2D eigenvalue weighted by Crippen LogP contribution is -2.64. The fourth-order valence-electron chi connectivity index (χ4n) is 1.24. The Morgan fingerprint density at radius 2 is 1.73 bits per heavy atom. The van der Waals surface area contributed by atoms with Crippen molar-refractivity contribution < 1.29 is 27.1 Å². The van der Waals surface area contributed by atoms with Gasteiger partial charge >= 0.3 is 16.5 Å². The molecule has 0 aromatic heterocycles. The maximum absolute atomic E-state index is 12.9. The summed E-state index contributed by atoms with van der Waals surface area (Å²) in [5, 5.41) is -9.03. The fourth-order valence-corrected chi connectivity index (χ4v) is 1.89. The Kier molecular flexibility index (Phi) is 2.87. The van der Waals surface area contributed by atoms with Crippen molar-refractivity contribution in [1.82, 2.24) is 4.90 Å². The summed E-state index contributed by atoms with van der Waals surface area (Å²) in [7, 11) is 0.710. The number of carbonyl (C=O) groups excluding carboxylic acids is 1. The molecule has 0 saturated carbocycles. The summed E-state index contributed by atoms with van der Waals surface area (Å²) >= 11 is 9.05. The molecule has 0 N–H and O–H groups in total. The standard InChI is InChI=1S/C6H5Cl2F4NO2/c1-13-3(14)2-15-4(13,5(7,9)10)6(8,11)12/h2H2,1H3. The molecule has 1 fully saturated rings. The summed E-state index contributed by atoms with van der Waals surface area (Å²) in [6.07, 6.45) is 0. The SMILES string of the molecule is CN1C(=O)COC1(C(F)(F)Cl)C(F)(F)Cl. The van der Waals surface area contributed by atoms with Gasteiger partial charge in [0, 0.05) is 7.05 Å². The topological polar surface area (TPSA) is 29.5 Å². The second-order valence-electron chi connectivity index (χ2n) is 2.88. The van der Waals surface area contributed by atoms with E-state index in [-0.39, 0.29) is 4.90 Å². The number of rotatable bonds is 2. The maximum atomic E-state index is 12.9.